The quantitative estimate of drug-likeness (QED) is 0.873. The van der Waals surface area contributed by atoms with Crippen LogP contribution < -0.4 is 4.90 Å². The summed E-state index contributed by atoms with van der Waals surface area (Å²) in [6, 6.07) is 4.00. The summed E-state index contributed by atoms with van der Waals surface area (Å²) in [5, 5.41) is 9.48. The summed E-state index contributed by atoms with van der Waals surface area (Å²) >= 11 is 0. The molecule has 0 bridgehead atoms. The van der Waals surface area contributed by atoms with E-state index in [4.69, 9.17) is 0 Å². The zero-order chi connectivity index (χ0) is 13.2. The maximum atomic E-state index is 9.48. The number of rotatable bonds is 2. The second-order valence-electron chi connectivity index (χ2n) is 6.13. The average Bonchev–Trinajstić information content (AvgIpc) is 2.50. The lowest BCUT2D eigenvalue weighted by molar-refractivity contribution is 0.199. The highest BCUT2D eigenvalue weighted by Crippen LogP contribution is 2.31. The van der Waals surface area contributed by atoms with Crippen LogP contribution in [0.5, 0.6) is 0 Å². The first-order valence-electron chi connectivity index (χ1n) is 6.87. The van der Waals surface area contributed by atoms with Crippen LogP contribution in [-0.4, -0.2) is 23.2 Å². The van der Waals surface area contributed by atoms with E-state index in [9.17, 15) is 5.11 Å². The van der Waals surface area contributed by atoms with Crippen LogP contribution in [0.3, 0.4) is 0 Å². The summed E-state index contributed by atoms with van der Waals surface area (Å²) < 4.78 is 0. The molecular formula is C15H24N2O. The van der Waals surface area contributed by atoms with Crippen molar-refractivity contribution in [2.45, 2.75) is 46.1 Å². The largest absolute Gasteiger partial charge is 0.389 e. The average molecular weight is 248 g/mol. The van der Waals surface area contributed by atoms with Crippen LogP contribution in [0, 0.1) is 5.41 Å². The summed E-state index contributed by atoms with van der Waals surface area (Å²) in [6.45, 7) is 8.63. The van der Waals surface area contributed by atoms with E-state index in [0.29, 0.717) is 5.41 Å². The monoisotopic (exact) mass is 248 g/mol. The molecule has 100 valence electrons. The van der Waals surface area contributed by atoms with E-state index in [1.807, 2.05) is 12.1 Å². The van der Waals surface area contributed by atoms with Crippen LogP contribution in [0.15, 0.2) is 18.3 Å². The molecule has 3 heteroatoms. The highest BCUT2D eigenvalue weighted by molar-refractivity contribution is 5.39. The number of pyridine rings is 1. The number of hydrogen-bond acceptors (Lipinski definition) is 3. The molecule has 1 aromatic heterocycles. The SMILES string of the molecule is C[C@H](O)c1ccc(N2CCCC(C)(C)CC2)nc1. The van der Waals surface area contributed by atoms with Crippen molar-refractivity contribution in [3.05, 3.63) is 23.9 Å². The van der Waals surface area contributed by atoms with Crippen molar-refractivity contribution in [2.75, 3.05) is 18.0 Å². The Labute approximate surface area is 110 Å². The molecule has 1 aromatic rings. The van der Waals surface area contributed by atoms with Gasteiger partial charge in [-0.2, -0.15) is 0 Å². The number of hydrogen-bond donors (Lipinski definition) is 1. The summed E-state index contributed by atoms with van der Waals surface area (Å²) in [5.41, 5.74) is 1.34. The third-order valence-electron chi connectivity index (χ3n) is 3.92. The molecule has 2 heterocycles. The Morgan fingerprint density at radius 3 is 2.67 bits per heavy atom. The van der Waals surface area contributed by atoms with Crippen molar-refractivity contribution in [2.24, 2.45) is 5.41 Å². The molecule has 18 heavy (non-hydrogen) atoms. The Bertz CT molecular complexity index is 384. The molecule has 0 radical (unpaired) electrons. The predicted molar refractivity (Wildman–Crippen MR) is 74.7 cm³/mol. The fourth-order valence-corrected chi connectivity index (χ4v) is 2.48. The maximum absolute atomic E-state index is 9.48. The van der Waals surface area contributed by atoms with Crippen LogP contribution in [0.4, 0.5) is 5.82 Å². The van der Waals surface area contributed by atoms with E-state index in [0.717, 1.165) is 24.5 Å². The molecule has 1 aliphatic rings. The number of aliphatic hydroxyl groups excluding tert-OH is 1. The van der Waals surface area contributed by atoms with Gasteiger partial charge < -0.3 is 10.0 Å². The zero-order valence-corrected chi connectivity index (χ0v) is 11.7. The zero-order valence-electron chi connectivity index (χ0n) is 11.7. The Morgan fingerprint density at radius 2 is 2.06 bits per heavy atom. The van der Waals surface area contributed by atoms with E-state index in [1.54, 1.807) is 13.1 Å². The van der Waals surface area contributed by atoms with Gasteiger partial charge in [0.05, 0.1) is 6.10 Å². The first-order chi connectivity index (χ1) is 8.48. The normalized spacial score (nSPS) is 21.4. The van der Waals surface area contributed by atoms with Crippen molar-refractivity contribution in [3.8, 4) is 0 Å². The molecule has 1 aliphatic heterocycles. The molecule has 1 atom stereocenters. The standard InChI is InChI=1S/C15H24N2O/c1-12(18)13-5-6-14(16-11-13)17-9-4-7-15(2,3)8-10-17/h5-6,11-12,18H,4,7-10H2,1-3H3/t12-/m0/s1. The van der Waals surface area contributed by atoms with E-state index in [-0.39, 0.29) is 0 Å². The van der Waals surface area contributed by atoms with Crippen molar-refractivity contribution in [1.82, 2.24) is 4.98 Å². The lowest BCUT2D eigenvalue weighted by atomic mass is 9.85. The number of aliphatic hydroxyl groups is 1. The molecule has 0 saturated carbocycles. The van der Waals surface area contributed by atoms with E-state index < -0.39 is 6.10 Å². The molecular weight excluding hydrogens is 224 g/mol. The third kappa shape index (κ3) is 3.22. The molecule has 0 aliphatic carbocycles. The Balaban J connectivity index is 2.07. The van der Waals surface area contributed by atoms with Crippen LogP contribution >= 0.6 is 0 Å². The Kier molecular flexibility index (Phi) is 3.91. The second-order valence-corrected chi connectivity index (χ2v) is 6.13. The maximum Gasteiger partial charge on any atom is 0.128 e. The Morgan fingerprint density at radius 1 is 1.28 bits per heavy atom. The molecule has 0 spiro atoms. The minimum atomic E-state index is -0.436. The van der Waals surface area contributed by atoms with E-state index >= 15 is 0 Å². The highest BCUT2D eigenvalue weighted by atomic mass is 16.3. The fraction of sp³-hybridized carbons (Fsp3) is 0.667. The van der Waals surface area contributed by atoms with Gasteiger partial charge in [0, 0.05) is 19.3 Å². The molecule has 2 rings (SSSR count). The lowest BCUT2D eigenvalue weighted by Gasteiger charge is -2.24. The topological polar surface area (TPSA) is 36.4 Å². The van der Waals surface area contributed by atoms with Crippen molar-refractivity contribution in [1.29, 1.82) is 0 Å². The molecule has 3 nitrogen and oxygen atoms in total. The number of anilines is 1. The van der Waals surface area contributed by atoms with Gasteiger partial charge in [-0.05, 0) is 43.2 Å². The summed E-state index contributed by atoms with van der Waals surface area (Å²) in [6.07, 6.45) is 5.08. The minimum absolute atomic E-state index is 0.436. The summed E-state index contributed by atoms with van der Waals surface area (Å²) in [7, 11) is 0. The van der Waals surface area contributed by atoms with E-state index in [2.05, 4.69) is 23.7 Å². The van der Waals surface area contributed by atoms with Gasteiger partial charge in [0.25, 0.3) is 0 Å². The van der Waals surface area contributed by atoms with Crippen molar-refractivity contribution >= 4 is 5.82 Å². The number of aromatic nitrogens is 1. The van der Waals surface area contributed by atoms with Crippen molar-refractivity contribution < 1.29 is 5.11 Å². The van der Waals surface area contributed by atoms with Gasteiger partial charge in [-0.1, -0.05) is 19.9 Å². The fourth-order valence-electron chi connectivity index (χ4n) is 2.48. The molecule has 0 amide bonds. The first kappa shape index (κ1) is 13.3. The third-order valence-corrected chi connectivity index (χ3v) is 3.92. The van der Waals surface area contributed by atoms with Gasteiger partial charge in [0.2, 0.25) is 0 Å². The lowest BCUT2D eigenvalue weighted by Crippen LogP contribution is -2.25. The van der Waals surface area contributed by atoms with Crippen LogP contribution in [0.1, 0.15) is 51.7 Å². The van der Waals surface area contributed by atoms with Crippen molar-refractivity contribution in [3.63, 3.8) is 0 Å². The van der Waals surface area contributed by atoms with E-state index in [1.165, 1.54) is 19.3 Å². The second kappa shape index (κ2) is 5.27. The summed E-state index contributed by atoms with van der Waals surface area (Å²) in [5.74, 6) is 1.04. The molecule has 0 aromatic carbocycles. The minimum Gasteiger partial charge on any atom is -0.389 e. The highest BCUT2D eigenvalue weighted by Gasteiger charge is 2.23. The smallest absolute Gasteiger partial charge is 0.128 e. The summed E-state index contributed by atoms with van der Waals surface area (Å²) in [4.78, 5) is 6.84. The molecule has 1 N–H and O–H groups in total. The van der Waals surface area contributed by atoms with Gasteiger partial charge in [0.15, 0.2) is 0 Å². The van der Waals surface area contributed by atoms with Gasteiger partial charge in [0.1, 0.15) is 5.82 Å². The molecule has 1 saturated heterocycles. The van der Waals surface area contributed by atoms with Crippen LogP contribution in [0.25, 0.3) is 0 Å². The van der Waals surface area contributed by atoms with Gasteiger partial charge >= 0.3 is 0 Å². The van der Waals surface area contributed by atoms with Gasteiger partial charge in [-0.3, -0.25) is 0 Å². The van der Waals surface area contributed by atoms with Gasteiger partial charge in [-0.15, -0.1) is 0 Å². The predicted octanol–water partition coefficient (Wildman–Crippen LogP) is 3.15. The molecule has 0 unspecified atom stereocenters. The van der Waals surface area contributed by atoms with Crippen LogP contribution in [-0.2, 0) is 0 Å². The Hall–Kier alpha value is -1.09. The molecule has 1 fully saturated rings. The van der Waals surface area contributed by atoms with Crippen LogP contribution in [0.2, 0.25) is 0 Å². The first-order valence-corrected chi connectivity index (χ1v) is 6.87. The van der Waals surface area contributed by atoms with Gasteiger partial charge in [-0.25, -0.2) is 4.98 Å². The number of nitrogens with zero attached hydrogens (tertiary/aromatic N) is 2.